The van der Waals surface area contributed by atoms with E-state index < -0.39 is 0 Å². The molecule has 0 amide bonds. The lowest BCUT2D eigenvalue weighted by Gasteiger charge is -2.28. The quantitative estimate of drug-likeness (QED) is 0.358. The first-order chi connectivity index (χ1) is 8.62. The van der Waals surface area contributed by atoms with Crippen molar-refractivity contribution in [2.75, 3.05) is 27.2 Å². The van der Waals surface area contributed by atoms with Crippen molar-refractivity contribution in [2.45, 2.75) is 84.5 Å². The van der Waals surface area contributed by atoms with E-state index in [1.54, 1.807) is 0 Å². The second-order valence-electron chi connectivity index (χ2n) is 6.51. The number of quaternary nitrogens is 1. The number of nitrogens with zero attached hydrogens (tertiary/aromatic N) is 1. The predicted molar refractivity (Wildman–Crippen MR) is 84.0 cm³/mol. The highest BCUT2D eigenvalue weighted by Crippen LogP contribution is 2.12. The molecule has 0 N–H and O–H groups in total. The molecule has 0 heterocycles. The summed E-state index contributed by atoms with van der Waals surface area (Å²) in [5, 5.41) is 0. The third-order valence-corrected chi connectivity index (χ3v) is 4.22. The second kappa shape index (κ2) is 14.8. The van der Waals surface area contributed by atoms with E-state index in [9.17, 15) is 0 Å². The highest BCUT2D eigenvalue weighted by molar-refractivity contribution is 4.48. The average Bonchev–Trinajstić information content (AvgIpc) is 2.36. The Labute approximate surface area is 133 Å². The van der Waals surface area contributed by atoms with Crippen molar-refractivity contribution in [1.82, 2.24) is 0 Å². The first-order valence-electron chi connectivity index (χ1n) is 8.44. The Morgan fingerprint density at radius 2 is 0.947 bits per heavy atom. The largest absolute Gasteiger partial charge is 1.00 e. The molecule has 0 aliphatic rings. The summed E-state index contributed by atoms with van der Waals surface area (Å²) in [5.74, 6) is 0. The zero-order chi connectivity index (χ0) is 13.7. The summed E-state index contributed by atoms with van der Waals surface area (Å²) in [6.45, 7) is 7.20. The average molecular weight is 336 g/mol. The number of hydrogen-bond acceptors (Lipinski definition) is 0. The molecule has 0 spiro atoms. The van der Waals surface area contributed by atoms with Gasteiger partial charge in [0.05, 0.1) is 27.2 Å². The van der Waals surface area contributed by atoms with Crippen LogP contribution in [-0.2, 0) is 0 Å². The molecule has 0 unspecified atom stereocenters. The summed E-state index contributed by atoms with van der Waals surface area (Å²) in [6.07, 6.45) is 15.9. The van der Waals surface area contributed by atoms with Crippen molar-refractivity contribution in [3.8, 4) is 0 Å². The molecule has 0 aromatic carbocycles. The van der Waals surface area contributed by atoms with Gasteiger partial charge in [-0.2, -0.15) is 0 Å². The van der Waals surface area contributed by atoms with Gasteiger partial charge >= 0.3 is 0 Å². The van der Waals surface area contributed by atoms with E-state index in [0.717, 1.165) is 0 Å². The van der Waals surface area contributed by atoms with Gasteiger partial charge in [0.2, 0.25) is 0 Å². The monoisotopic (exact) mass is 335 g/mol. The van der Waals surface area contributed by atoms with Gasteiger partial charge in [0, 0.05) is 0 Å². The first kappa shape index (κ1) is 21.7. The lowest BCUT2D eigenvalue weighted by Crippen LogP contribution is -3.00. The van der Waals surface area contributed by atoms with Gasteiger partial charge in [-0.1, -0.05) is 64.7 Å². The summed E-state index contributed by atoms with van der Waals surface area (Å²) in [6, 6.07) is 0. The molecular formula is C17H38BrN. The molecule has 0 radical (unpaired) electrons. The van der Waals surface area contributed by atoms with Crippen molar-refractivity contribution in [1.29, 1.82) is 0 Å². The molecular weight excluding hydrogens is 298 g/mol. The molecule has 0 aromatic heterocycles. The molecule has 0 atom stereocenters. The third-order valence-electron chi connectivity index (χ3n) is 4.22. The Balaban J connectivity index is 0. The van der Waals surface area contributed by atoms with E-state index in [1.165, 1.54) is 88.2 Å². The molecule has 0 fully saturated rings. The summed E-state index contributed by atoms with van der Waals surface area (Å²) in [4.78, 5) is 0. The van der Waals surface area contributed by atoms with Crippen molar-refractivity contribution in [2.24, 2.45) is 0 Å². The summed E-state index contributed by atoms with van der Waals surface area (Å²) < 4.78 is 1.19. The maximum atomic E-state index is 2.34. The lowest BCUT2D eigenvalue weighted by molar-refractivity contribution is -0.888. The Kier molecular flexibility index (Phi) is 17.0. The fourth-order valence-corrected chi connectivity index (χ4v) is 2.36. The molecule has 19 heavy (non-hydrogen) atoms. The number of rotatable bonds is 13. The van der Waals surface area contributed by atoms with Crippen LogP contribution in [-0.4, -0.2) is 31.7 Å². The van der Waals surface area contributed by atoms with E-state index in [4.69, 9.17) is 0 Å². The minimum Gasteiger partial charge on any atom is -1.00 e. The highest BCUT2D eigenvalue weighted by atomic mass is 79.9. The number of unbranched alkanes of at least 4 members (excludes halogenated alkanes) is 10. The Hall–Kier alpha value is 0.440. The van der Waals surface area contributed by atoms with Gasteiger partial charge in [-0.3, -0.25) is 0 Å². The predicted octanol–water partition coefficient (Wildman–Crippen LogP) is 2.40. The Morgan fingerprint density at radius 1 is 0.579 bits per heavy atom. The van der Waals surface area contributed by atoms with Gasteiger partial charge < -0.3 is 21.5 Å². The lowest BCUT2D eigenvalue weighted by atomic mass is 10.1. The number of hydrogen-bond donors (Lipinski definition) is 0. The normalized spacial score (nSPS) is 11.4. The van der Waals surface area contributed by atoms with E-state index in [1.807, 2.05) is 0 Å². The molecule has 0 rings (SSSR count). The van der Waals surface area contributed by atoms with Crippen LogP contribution in [0.5, 0.6) is 0 Å². The molecule has 0 aliphatic carbocycles. The molecule has 0 saturated carbocycles. The Morgan fingerprint density at radius 3 is 1.32 bits per heavy atom. The molecule has 1 nitrogen and oxygen atoms in total. The zero-order valence-corrected chi connectivity index (χ0v) is 15.6. The van der Waals surface area contributed by atoms with Crippen molar-refractivity contribution in [3.63, 3.8) is 0 Å². The van der Waals surface area contributed by atoms with Crippen molar-refractivity contribution < 1.29 is 21.5 Å². The molecule has 118 valence electrons. The maximum Gasteiger partial charge on any atom is 0.0782 e. The van der Waals surface area contributed by atoms with E-state index >= 15 is 0 Å². The van der Waals surface area contributed by atoms with Gasteiger partial charge in [-0.05, 0) is 19.8 Å². The third kappa shape index (κ3) is 16.4. The minimum atomic E-state index is 0. The zero-order valence-electron chi connectivity index (χ0n) is 14.0. The standard InChI is InChI=1S/C17H38N.BrH/c1-5-7-8-9-10-11-12-13-14-15-16-17-18(3,4)6-2;/h5-17H2,1-4H3;1H/q+1;/p-1. The van der Waals surface area contributed by atoms with Crippen LogP contribution >= 0.6 is 0 Å². The van der Waals surface area contributed by atoms with Crippen LogP contribution in [0.25, 0.3) is 0 Å². The van der Waals surface area contributed by atoms with Crippen molar-refractivity contribution >= 4 is 0 Å². The van der Waals surface area contributed by atoms with Crippen LogP contribution in [0.15, 0.2) is 0 Å². The van der Waals surface area contributed by atoms with Gasteiger partial charge in [-0.25, -0.2) is 0 Å². The van der Waals surface area contributed by atoms with E-state index in [-0.39, 0.29) is 17.0 Å². The van der Waals surface area contributed by atoms with E-state index in [0.29, 0.717) is 0 Å². The van der Waals surface area contributed by atoms with Gasteiger partial charge in [0.1, 0.15) is 0 Å². The molecule has 0 aromatic rings. The van der Waals surface area contributed by atoms with Crippen LogP contribution < -0.4 is 17.0 Å². The van der Waals surface area contributed by atoms with E-state index in [2.05, 4.69) is 27.9 Å². The molecule has 2 heteroatoms. The number of halogens is 1. The fraction of sp³-hybridized carbons (Fsp3) is 1.00. The SMILES string of the molecule is CCCCCCCCCCCCC[N+](C)(C)CC.[Br-]. The fourth-order valence-electron chi connectivity index (χ4n) is 2.36. The highest BCUT2D eigenvalue weighted by Gasteiger charge is 2.09. The summed E-state index contributed by atoms with van der Waals surface area (Å²) in [7, 11) is 4.69. The topological polar surface area (TPSA) is 0 Å². The molecule has 0 bridgehead atoms. The van der Waals surface area contributed by atoms with Crippen LogP contribution in [0.1, 0.15) is 84.5 Å². The van der Waals surface area contributed by atoms with Crippen molar-refractivity contribution in [3.05, 3.63) is 0 Å². The maximum absolute atomic E-state index is 2.34. The van der Waals surface area contributed by atoms with Gasteiger partial charge in [0.15, 0.2) is 0 Å². The van der Waals surface area contributed by atoms with Crippen LogP contribution in [0.4, 0.5) is 0 Å². The minimum absolute atomic E-state index is 0. The van der Waals surface area contributed by atoms with Crippen LogP contribution in [0, 0.1) is 0 Å². The first-order valence-corrected chi connectivity index (χ1v) is 8.44. The van der Waals surface area contributed by atoms with Crippen LogP contribution in [0.2, 0.25) is 0 Å². The second-order valence-corrected chi connectivity index (χ2v) is 6.51. The summed E-state index contributed by atoms with van der Waals surface area (Å²) in [5.41, 5.74) is 0. The summed E-state index contributed by atoms with van der Waals surface area (Å²) >= 11 is 0. The smallest absolute Gasteiger partial charge is 0.0782 e. The Bertz CT molecular complexity index is 169. The van der Waals surface area contributed by atoms with Crippen LogP contribution in [0.3, 0.4) is 0 Å². The molecule has 0 saturated heterocycles. The molecule has 0 aliphatic heterocycles. The van der Waals surface area contributed by atoms with Gasteiger partial charge in [0.25, 0.3) is 0 Å². The van der Waals surface area contributed by atoms with Gasteiger partial charge in [-0.15, -0.1) is 0 Å².